The summed E-state index contributed by atoms with van der Waals surface area (Å²) in [7, 11) is 0. The van der Waals surface area contributed by atoms with Crippen LogP contribution in [0.1, 0.15) is 24.8 Å². The number of anilines is 1. The molecule has 1 aromatic rings. The van der Waals surface area contributed by atoms with Crippen LogP contribution in [0.4, 0.5) is 27.6 Å². The summed E-state index contributed by atoms with van der Waals surface area (Å²) >= 11 is 0. The molecule has 25 heavy (non-hydrogen) atoms. The summed E-state index contributed by atoms with van der Waals surface area (Å²) in [4.78, 5) is 23.3. The van der Waals surface area contributed by atoms with Gasteiger partial charge in [0.1, 0.15) is 0 Å². The molecule has 1 spiro atoms. The second-order valence-corrected chi connectivity index (χ2v) is 6.50. The van der Waals surface area contributed by atoms with Crippen molar-refractivity contribution < 1.29 is 36.3 Å². The van der Waals surface area contributed by atoms with Crippen molar-refractivity contribution in [2.45, 2.75) is 31.4 Å². The van der Waals surface area contributed by atoms with Crippen LogP contribution in [0.5, 0.6) is 0 Å². The fourth-order valence-electron chi connectivity index (χ4n) is 3.07. The molecule has 1 N–H and O–H groups in total. The minimum atomic E-state index is -4.48. The van der Waals surface area contributed by atoms with Gasteiger partial charge in [-0.2, -0.15) is 13.2 Å². The lowest BCUT2D eigenvalue weighted by Crippen LogP contribution is -2.37. The quantitative estimate of drug-likeness (QED) is 0.657. The Balaban J connectivity index is 1.42. The molecule has 0 unspecified atom stereocenters. The van der Waals surface area contributed by atoms with Gasteiger partial charge in [-0.05, 0) is 37.1 Å². The zero-order valence-corrected chi connectivity index (χ0v) is 12.8. The van der Waals surface area contributed by atoms with Gasteiger partial charge < -0.3 is 10.1 Å². The van der Waals surface area contributed by atoms with E-state index in [1.165, 1.54) is 0 Å². The summed E-state index contributed by atoms with van der Waals surface area (Å²) < 4.78 is 68.1. The van der Waals surface area contributed by atoms with Crippen LogP contribution < -0.4 is 5.32 Å². The Morgan fingerprint density at radius 2 is 1.72 bits per heavy atom. The molecule has 0 heterocycles. The molecule has 0 bridgehead atoms. The first-order chi connectivity index (χ1) is 11.5. The maximum Gasteiger partial charge on any atom is 0.416 e. The van der Waals surface area contributed by atoms with Gasteiger partial charge in [0.25, 0.3) is 11.8 Å². The molecule has 4 nitrogen and oxygen atoms in total. The maximum atomic E-state index is 13.0. The third-order valence-electron chi connectivity index (χ3n) is 4.66. The zero-order valence-electron chi connectivity index (χ0n) is 12.8. The smallest absolute Gasteiger partial charge is 0.416 e. The van der Waals surface area contributed by atoms with E-state index in [1.54, 1.807) is 0 Å². The minimum Gasteiger partial charge on any atom is -0.455 e. The number of rotatable bonds is 4. The molecular weight excluding hydrogens is 349 g/mol. The van der Waals surface area contributed by atoms with E-state index in [2.05, 4.69) is 5.32 Å². The monoisotopic (exact) mass is 363 g/mol. The first-order valence-electron chi connectivity index (χ1n) is 7.54. The number of hydrogen-bond donors (Lipinski definition) is 1. The van der Waals surface area contributed by atoms with Crippen LogP contribution in [0, 0.1) is 11.3 Å². The number of ether oxygens (including phenoxy) is 1. The summed E-state index contributed by atoms with van der Waals surface area (Å²) in [6.07, 6.45) is -4.58. The van der Waals surface area contributed by atoms with Gasteiger partial charge >= 0.3 is 12.1 Å². The van der Waals surface area contributed by atoms with Crippen LogP contribution in [0.15, 0.2) is 24.3 Å². The maximum absolute atomic E-state index is 13.0. The first-order valence-corrected chi connectivity index (χ1v) is 7.54. The van der Waals surface area contributed by atoms with Crippen LogP contribution >= 0.6 is 0 Å². The second kappa shape index (κ2) is 5.67. The number of hydrogen-bond acceptors (Lipinski definition) is 3. The molecule has 0 aliphatic heterocycles. The minimum absolute atomic E-state index is 0.0549. The lowest BCUT2D eigenvalue weighted by molar-refractivity contribution is -0.158. The van der Waals surface area contributed by atoms with Gasteiger partial charge in [0.2, 0.25) is 0 Å². The molecule has 3 rings (SSSR count). The molecule has 1 aromatic carbocycles. The van der Waals surface area contributed by atoms with Crippen LogP contribution in [-0.2, 0) is 20.5 Å². The number of esters is 1. The van der Waals surface area contributed by atoms with Crippen LogP contribution in [0.25, 0.3) is 0 Å². The second-order valence-electron chi connectivity index (χ2n) is 6.50. The summed E-state index contributed by atoms with van der Waals surface area (Å²) in [5, 5.41) is 2.29. The molecule has 136 valence electrons. The average Bonchev–Trinajstić information content (AvgIpc) is 3.06. The van der Waals surface area contributed by atoms with Crippen molar-refractivity contribution in [3.8, 4) is 0 Å². The number of carbonyl (C=O) groups excluding carboxylic acids is 2. The summed E-state index contributed by atoms with van der Waals surface area (Å²) in [5.41, 5.74) is -1.79. The van der Waals surface area contributed by atoms with Gasteiger partial charge in [0, 0.05) is 17.5 Å². The lowest BCUT2D eigenvalue weighted by atomic mass is 9.71. The predicted octanol–water partition coefficient (Wildman–Crippen LogP) is 3.62. The van der Waals surface area contributed by atoms with Gasteiger partial charge in [-0.1, -0.05) is 0 Å². The van der Waals surface area contributed by atoms with Crippen molar-refractivity contribution in [1.82, 2.24) is 0 Å². The average molecular weight is 363 g/mol. The Hall–Kier alpha value is -2.19. The van der Waals surface area contributed by atoms with Gasteiger partial charge in [0.05, 0.1) is 11.5 Å². The van der Waals surface area contributed by atoms with E-state index in [0.29, 0.717) is 0 Å². The van der Waals surface area contributed by atoms with E-state index < -0.39 is 47.5 Å². The Morgan fingerprint density at radius 1 is 1.16 bits per heavy atom. The SMILES string of the molecule is O=C(COC(=O)C1CC2(C1)CC2(F)F)Nc1ccc(C(F)(F)F)cc1. The molecule has 0 atom stereocenters. The fourth-order valence-corrected chi connectivity index (χ4v) is 3.07. The molecule has 2 aliphatic rings. The summed E-state index contributed by atoms with van der Waals surface area (Å²) in [6.45, 7) is -0.625. The number of alkyl halides is 5. The standard InChI is InChI=1S/C16H14F5NO3/c17-15(18)8-14(15)5-9(6-14)13(24)25-7-12(23)22-11-3-1-10(2-4-11)16(19,20)21/h1-4,9H,5-8H2,(H,22,23). The Morgan fingerprint density at radius 3 is 2.20 bits per heavy atom. The van der Waals surface area contributed by atoms with E-state index in [1.807, 2.05) is 0 Å². The van der Waals surface area contributed by atoms with Crippen molar-refractivity contribution >= 4 is 17.6 Å². The summed E-state index contributed by atoms with van der Waals surface area (Å²) in [6, 6.07) is 3.78. The van der Waals surface area contributed by atoms with Crippen molar-refractivity contribution in [3.05, 3.63) is 29.8 Å². The molecule has 0 saturated heterocycles. The zero-order chi connectivity index (χ0) is 18.5. The highest BCUT2D eigenvalue weighted by Crippen LogP contribution is 2.72. The number of benzene rings is 1. The fraction of sp³-hybridized carbons (Fsp3) is 0.500. The highest BCUT2D eigenvalue weighted by molar-refractivity contribution is 5.93. The normalized spacial score (nSPS) is 26.7. The molecule has 0 aromatic heterocycles. The lowest BCUT2D eigenvalue weighted by Gasteiger charge is -2.33. The largest absolute Gasteiger partial charge is 0.455 e. The Labute approximate surface area is 139 Å². The topological polar surface area (TPSA) is 55.4 Å². The molecule has 2 saturated carbocycles. The third-order valence-corrected chi connectivity index (χ3v) is 4.66. The number of halogens is 5. The molecular formula is C16H14F5NO3. The highest BCUT2D eigenvalue weighted by atomic mass is 19.4. The van der Waals surface area contributed by atoms with Crippen molar-refractivity contribution in [3.63, 3.8) is 0 Å². The molecule has 2 fully saturated rings. The first kappa shape index (κ1) is 17.6. The Kier molecular flexibility index (Phi) is 4.00. The molecule has 2 aliphatic carbocycles. The molecule has 0 radical (unpaired) electrons. The van der Waals surface area contributed by atoms with Gasteiger partial charge in [-0.25, -0.2) is 8.78 Å². The summed E-state index contributed by atoms with van der Waals surface area (Å²) in [5.74, 6) is -4.77. The van der Waals surface area contributed by atoms with E-state index in [4.69, 9.17) is 4.74 Å². The van der Waals surface area contributed by atoms with Crippen LogP contribution in [0.3, 0.4) is 0 Å². The van der Waals surface area contributed by atoms with Crippen molar-refractivity contribution in [2.75, 3.05) is 11.9 Å². The van der Waals surface area contributed by atoms with Gasteiger partial charge in [-0.15, -0.1) is 0 Å². The number of amides is 1. The van der Waals surface area contributed by atoms with Gasteiger partial charge in [0.15, 0.2) is 6.61 Å². The van der Waals surface area contributed by atoms with E-state index >= 15 is 0 Å². The van der Waals surface area contributed by atoms with E-state index in [-0.39, 0.29) is 24.9 Å². The van der Waals surface area contributed by atoms with Crippen molar-refractivity contribution in [2.24, 2.45) is 11.3 Å². The Bertz CT molecular complexity index is 693. The van der Waals surface area contributed by atoms with Gasteiger partial charge in [-0.3, -0.25) is 9.59 Å². The molecule has 1 amide bonds. The highest BCUT2D eigenvalue weighted by Gasteiger charge is 2.76. The van der Waals surface area contributed by atoms with E-state index in [9.17, 15) is 31.5 Å². The van der Waals surface area contributed by atoms with Crippen LogP contribution in [0.2, 0.25) is 0 Å². The van der Waals surface area contributed by atoms with E-state index in [0.717, 1.165) is 24.3 Å². The van der Waals surface area contributed by atoms with Crippen molar-refractivity contribution in [1.29, 1.82) is 0 Å². The predicted molar refractivity (Wildman–Crippen MR) is 75.8 cm³/mol. The molecule has 9 heteroatoms. The van der Waals surface area contributed by atoms with Crippen LogP contribution in [-0.4, -0.2) is 24.4 Å². The number of carbonyl (C=O) groups is 2. The number of nitrogens with one attached hydrogen (secondary N) is 1. The third kappa shape index (κ3) is 3.45.